The Balaban J connectivity index is 2.29. The largest absolute Gasteiger partial charge is 0.478 e. The summed E-state index contributed by atoms with van der Waals surface area (Å²) in [5.74, 6) is -1.74. The Hall–Kier alpha value is -2.67. The average molecular weight is 308 g/mol. The predicted molar refractivity (Wildman–Crippen MR) is 75.8 cm³/mol. The number of halogens is 1. The summed E-state index contributed by atoms with van der Waals surface area (Å²) in [6.45, 7) is 0. The smallest absolute Gasteiger partial charge is 0.335 e. The number of nitrogens with zero attached hydrogens (tertiary/aromatic N) is 2. The van der Waals surface area contributed by atoms with E-state index < -0.39 is 11.9 Å². The Bertz CT molecular complexity index is 785. The monoisotopic (exact) mass is 307 g/mol. The zero-order chi connectivity index (χ0) is 15.6. The summed E-state index contributed by atoms with van der Waals surface area (Å²) < 4.78 is 1.02. The lowest BCUT2D eigenvalue weighted by Crippen LogP contribution is -2.23. The third-order valence-corrected chi connectivity index (χ3v) is 2.81. The fraction of sp³-hybridized carbons (Fsp3) is 0.0769. The van der Waals surface area contributed by atoms with Crippen LogP contribution >= 0.6 is 11.6 Å². The number of anilines is 1. The first kappa shape index (κ1) is 14.7. The molecule has 1 aromatic carbocycles. The molecule has 1 heterocycles. The molecule has 0 unspecified atom stereocenters. The second-order valence-corrected chi connectivity index (χ2v) is 4.60. The van der Waals surface area contributed by atoms with E-state index in [0.717, 1.165) is 4.68 Å². The van der Waals surface area contributed by atoms with Crippen LogP contribution in [0.5, 0.6) is 0 Å². The molecule has 0 aliphatic carbocycles. The van der Waals surface area contributed by atoms with Gasteiger partial charge < -0.3 is 10.4 Å². The van der Waals surface area contributed by atoms with Crippen LogP contribution in [0.2, 0.25) is 5.02 Å². The van der Waals surface area contributed by atoms with Gasteiger partial charge in [-0.3, -0.25) is 9.59 Å². The highest BCUT2D eigenvalue weighted by molar-refractivity contribution is 6.31. The molecule has 2 aromatic rings. The zero-order valence-electron chi connectivity index (χ0n) is 10.8. The van der Waals surface area contributed by atoms with Gasteiger partial charge in [0.1, 0.15) is 5.69 Å². The minimum atomic E-state index is -1.16. The van der Waals surface area contributed by atoms with Gasteiger partial charge in [0.05, 0.1) is 5.56 Å². The standard InChI is InChI=1S/C13H10ClN3O4/c1-17-11(18)3-2-10(16-17)12(19)15-9-5-7(13(20)21)4-8(14)6-9/h2-6H,1H3,(H,15,19)(H,20,21). The van der Waals surface area contributed by atoms with Gasteiger partial charge in [0.25, 0.3) is 11.5 Å². The lowest BCUT2D eigenvalue weighted by atomic mass is 10.2. The fourth-order valence-electron chi connectivity index (χ4n) is 1.60. The molecule has 8 heteroatoms. The fourth-order valence-corrected chi connectivity index (χ4v) is 1.84. The van der Waals surface area contributed by atoms with Gasteiger partial charge in [-0.05, 0) is 24.3 Å². The summed E-state index contributed by atoms with van der Waals surface area (Å²) >= 11 is 5.79. The molecule has 0 fully saturated rings. The van der Waals surface area contributed by atoms with Gasteiger partial charge in [-0.25, -0.2) is 9.48 Å². The van der Waals surface area contributed by atoms with Gasteiger partial charge in [-0.1, -0.05) is 11.6 Å². The van der Waals surface area contributed by atoms with E-state index >= 15 is 0 Å². The van der Waals surface area contributed by atoms with Crippen molar-refractivity contribution in [3.8, 4) is 0 Å². The summed E-state index contributed by atoms with van der Waals surface area (Å²) in [6, 6.07) is 6.44. The van der Waals surface area contributed by atoms with Crippen LogP contribution in [0.25, 0.3) is 0 Å². The molecule has 1 aromatic heterocycles. The number of aromatic nitrogens is 2. The van der Waals surface area contributed by atoms with Gasteiger partial charge in [0.2, 0.25) is 0 Å². The van der Waals surface area contributed by atoms with Crippen LogP contribution in [0, 0.1) is 0 Å². The van der Waals surface area contributed by atoms with Crippen molar-refractivity contribution in [3.05, 3.63) is 57.0 Å². The third-order valence-electron chi connectivity index (χ3n) is 2.60. The molecule has 1 amide bonds. The van der Waals surface area contributed by atoms with E-state index in [1.54, 1.807) is 0 Å². The van der Waals surface area contributed by atoms with E-state index in [1.165, 1.54) is 37.4 Å². The number of aryl methyl sites for hydroxylation is 1. The molecule has 2 rings (SSSR count). The number of carbonyl (C=O) groups is 2. The van der Waals surface area contributed by atoms with Crippen LogP contribution in [-0.2, 0) is 7.05 Å². The molecule has 0 aliphatic heterocycles. The van der Waals surface area contributed by atoms with Crippen LogP contribution in [0.4, 0.5) is 5.69 Å². The first-order valence-electron chi connectivity index (χ1n) is 5.76. The third kappa shape index (κ3) is 3.46. The molecular formula is C13H10ClN3O4. The van der Waals surface area contributed by atoms with Gasteiger partial charge in [0.15, 0.2) is 0 Å². The Labute approximate surface area is 123 Å². The molecule has 21 heavy (non-hydrogen) atoms. The molecule has 0 radical (unpaired) electrons. The Morgan fingerprint density at radius 2 is 2.00 bits per heavy atom. The first-order valence-corrected chi connectivity index (χ1v) is 6.14. The van der Waals surface area contributed by atoms with E-state index in [0.29, 0.717) is 0 Å². The molecular weight excluding hydrogens is 298 g/mol. The lowest BCUT2D eigenvalue weighted by Gasteiger charge is -2.07. The highest BCUT2D eigenvalue weighted by Crippen LogP contribution is 2.19. The second-order valence-electron chi connectivity index (χ2n) is 4.17. The van der Waals surface area contributed by atoms with E-state index in [1.807, 2.05) is 0 Å². The topological polar surface area (TPSA) is 101 Å². The number of rotatable bonds is 3. The van der Waals surface area contributed by atoms with E-state index in [4.69, 9.17) is 16.7 Å². The number of hydrogen-bond donors (Lipinski definition) is 2. The maximum atomic E-state index is 12.0. The van der Waals surface area contributed by atoms with Crippen molar-refractivity contribution < 1.29 is 14.7 Å². The lowest BCUT2D eigenvalue weighted by molar-refractivity contribution is 0.0696. The SMILES string of the molecule is Cn1nc(C(=O)Nc2cc(Cl)cc(C(=O)O)c2)ccc1=O. The zero-order valence-corrected chi connectivity index (χ0v) is 11.6. The minimum absolute atomic E-state index is 0.0222. The van der Waals surface area contributed by atoms with Crippen molar-refractivity contribution in [3.63, 3.8) is 0 Å². The van der Waals surface area contributed by atoms with Crippen molar-refractivity contribution in [1.29, 1.82) is 0 Å². The molecule has 108 valence electrons. The quantitative estimate of drug-likeness (QED) is 0.892. The molecule has 0 aliphatic rings. The van der Waals surface area contributed by atoms with Crippen LogP contribution < -0.4 is 10.9 Å². The van der Waals surface area contributed by atoms with E-state index in [2.05, 4.69) is 10.4 Å². The van der Waals surface area contributed by atoms with E-state index in [-0.39, 0.29) is 27.5 Å². The first-order chi connectivity index (χ1) is 9.86. The van der Waals surface area contributed by atoms with Crippen LogP contribution in [0.15, 0.2) is 35.1 Å². The Kier molecular flexibility index (Phi) is 4.04. The molecule has 0 atom stereocenters. The summed E-state index contributed by atoms with van der Waals surface area (Å²) in [7, 11) is 1.42. The number of carboxylic acids is 1. The predicted octanol–water partition coefficient (Wildman–Crippen LogP) is 1.38. The maximum Gasteiger partial charge on any atom is 0.335 e. The molecule has 0 saturated heterocycles. The number of carbonyl (C=O) groups excluding carboxylic acids is 1. The summed E-state index contributed by atoms with van der Waals surface area (Å²) in [6.07, 6.45) is 0. The number of benzene rings is 1. The van der Waals surface area contributed by atoms with Crippen molar-refractivity contribution in [2.24, 2.45) is 7.05 Å². The van der Waals surface area contributed by atoms with Gasteiger partial charge in [-0.15, -0.1) is 0 Å². The van der Waals surface area contributed by atoms with Crippen LogP contribution in [-0.4, -0.2) is 26.8 Å². The van der Waals surface area contributed by atoms with Crippen LogP contribution in [0.1, 0.15) is 20.8 Å². The Morgan fingerprint density at radius 1 is 1.29 bits per heavy atom. The number of aromatic carboxylic acids is 1. The Morgan fingerprint density at radius 3 is 2.62 bits per heavy atom. The number of carboxylic acid groups (broad SMARTS) is 1. The number of hydrogen-bond acceptors (Lipinski definition) is 4. The summed E-state index contributed by atoms with van der Waals surface area (Å²) in [5.41, 5.74) is -0.150. The van der Waals surface area contributed by atoms with Gasteiger partial charge in [-0.2, -0.15) is 5.10 Å². The second kappa shape index (κ2) is 5.76. The summed E-state index contributed by atoms with van der Waals surface area (Å²) in [4.78, 5) is 34.1. The van der Waals surface area contributed by atoms with Gasteiger partial charge in [0, 0.05) is 23.8 Å². The number of nitrogens with one attached hydrogen (secondary N) is 1. The van der Waals surface area contributed by atoms with Gasteiger partial charge >= 0.3 is 5.97 Å². The molecule has 2 N–H and O–H groups in total. The van der Waals surface area contributed by atoms with Crippen molar-refractivity contribution in [2.45, 2.75) is 0 Å². The number of amides is 1. The molecule has 0 bridgehead atoms. The van der Waals surface area contributed by atoms with E-state index in [9.17, 15) is 14.4 Å². The van der Waals surface area contributed by atoms with Crippen LogP contribution in [0.3, 0.4) is 0 Å². The normalized spacial score (nSPS) is 10.2. The molecule has 7 nitrogen and oxygen atoms in total. The van der Waals surface area contributed by atoms with Crippen molar-refractivity contribution in [2.75, 3.05) is 5.32 Å². The molecule has 0 spiro atoms. The average Bonchev–Trinajstić information content (AvgIpc) is 2.41. The highest BCUT2D eigenvalue weighted by Gasteiger charge is 2.12. The maximum absolute atomic E-state index is 12.0. The minimum Gasteiger partial charge on any atom is -0.478 e. The highest BCUT2D eigenvalue weighted by atomic mass is 35.5. The molecule has 0 saturated carbocycles. The van der Waals surface area contributed by atoms with Crippen molar-refractivity contribution in [1.82, 2.24) is 9.78 Å². The van der Waals surface area contributed by atoms with Crippen molar-refractivity contribution >= 4 is 29.2 Å². The summed E-state index contributed by atoms with van der Waals surface area (Å²) in [5, 5.41) is 15.4.